The molecule has 1 aliphatic heterocycles. The van der Waals surface area contributed by atoms with Gasteiger partial charge in [-0.3, -0.25) is 4.79 Å². The van der Waals surface area contributed by atoms with Gasteiger partial charge < -0.3 is 10.0 Å². The van der Waals surface area contributed by atoms with Crippen LogP contribution in [0, 0.1) is 5.82 Å². The number of hydrogen-bond donors (Lipinski definition) is 1. The largest absolute Gasteiger partial charge is 0.480 e. The summed E-state index contributed by atoms with van der Waals surface area (Å²) < 4.78 is 42.5. The number of halogens is 1. The van der Waals surface area contributed by atoms with Gasteiger partial charge in [0.2, 0.25) is 5.91 Å². The summed E-state index contributed by atoms with van der Waals surface area (Å²) in [6.45, 7) is 0.137. The molecule has 4 rings (SSSR count). The number of benzene rings is 3. The normalized spacial score (nSPS) is 17.5. The number of amides is 1. The van der Waals surface area contributed by atoms with Gasteiger partial charge in [0.1, 0.15) is 11.9 Å². The van der Waals surface area contributed by atoms with E-state index in [1.54, 1.807) is 12.1 Å². The van der Waals surface area contributed by atoms with Crippen LogP contribution in [0.15, 0.2) is 84.9 Å². The van der Waals surface area contributed by atoms with Gasteiger partial charge >= 0.3 is 5.97 Å². The van der Waals surface area contributed by atoms with Crippen molar-refractivity contribution in [2.45, 2.75) is 43.7 Å². The molecule has 1 N–H and O–H groups in total. The lowest BCUT2D eigenvalue weighted by Gasteiger charge is -2.31. The van der Waals surface area contributed by atoms with Gasteiger partial charge in [-0.1, -0.05) is 72.8 Å². The fraction of sp³-hybridized carbons (Fsp3) is 0.355. The maximum absolute atomic E-state index is 14.1. The zero-order chi connectivity index (χ0) is 29.6. The number of aliphatic carboxylic acids is 1. The van der Waals surface area contributed by atoms with Crippen LogP contribution in [0.3, 0.4) is 0 Å². The van der Waals surface area contributed by atoms with Gasteiger partial charge in [0.25, 0.3) is 10.2 Å². The molecule has 10 heteroatoms. The van der Waals surface area contributed by atoms with Crippen LogP contribution in [0.25, 0.3) is 0 Å². The Bertz CT molecular complexity index is 1380. The molecule has 41 heavy (non-hydrogen) atoms. The summed E-state index contributed by atoms with van der Waals surface area (Å²) >= 11 is 0. The van der Waals surface area contributed by atoms with E-state index in [9.17, 15) is 27.5 Å². The Labute approximate surface area is 241 Å². The number of aryl methyl sites for hydroxylation is 1. The SMILES string of the molecule is CN(C)S(=O)(=O)N(CCCCc1ccc(F)cc1)[C@H]1C[C@@H](C(=O)O)N(C(=O)C(c2ccccc2)c2ccccc2)C1. The first-order valence-corrected chi connectivity index (χ1v) is 15.1. The molecule has 0 spiro atoms. The average molecular weight is 582 g/mol. The number of carboxylic acids is 1. The van der Waals surface area contributed by atoms with Crippen LogP contribution in [0.5, 0.6) is 0 Å². The molecular formula is C31H36FN3O5S. The van der Waals surface area contributed by atoms with Crippen molar-refractivity contribution in [3.8, 4) is 0 Å². The third-order valence-corrected chi connectivity index (χ3v) is 9.53. The number of likely N-dealkylation sites (tertiary alicyclic amines) is 1. The Hall–Kier alpha value is -3.60. The van der Waals surface area contributed by atoms with Crippen LogP contribution in [0.4, 0.5) is 4.39 Å². The quantitative estimate of drug-likeness (QED) is 0.324. The van der Waals surface area contributed by atoms with Crippen molar-refractivity contribution >= 4 is 22.1 Å². The molecule has 0 saturated carbocycles. The molecule has 0 radical (unpaired) electrons. The van der Waals surface area contributed by atoms with E-state index in [0.717, 1.165) is 21.0 Å². The van der Waals surface area contributed by atoms with E-state index in [-0.39, 0.29) is 31.2 Å². The van der Waals surface area contributed by atoms with E-state index >= 15 is 0 Å². The van der Waals surface area contributed by atoms with E-state index in [0.29, 0.717) is 19.3 Å². The Morgan fingerprint density at radius 2 is 1.49 bits per heavy atom. The Morgan fingerprint density at radius 1 is 0.927 bits per heavy atom. The van der Waals surface area contributed by atoms with E-state index in [1.807, 2.05) is 60.7 Å². The maximum Gasteiger partial charge on any atom is 0.326 e. The minimum atomic E-state index is -3.91. The van der Waals surface area contributed by atoms with Crippen LogP contribution in [-0.4, -0.2) is 78.2 Å². The van der Waals surface area contributed by atoms with Crippen LogP contribution >= 0.6 is 0 Å². The van der Waals surface area contributed by atoms with Gasteiger partial charge in [-0.25, -0.2) is 9.18 Å². The summed E-state index contributed by atoms with van der Waals surface area (Å²) in [6.07, 6.45) is 1.82. The van der Waals surface area contributed by atoms with Crippen LogP contribution in [-0.2, 0) is 26.2 Å². The summed E-state index contributed by atoms with van der Waals surface area (Å²) in [4.78, 5) is 27.8. The average Bonchev–Trinajstić information content (AvgIpc) is 3.40. The standard InChI is InChI=1S/C31H36FN3O5S/c1-33(2)41(39,40)35(20-10-9-11-23-16-18-26(32)19-17-23)27-21-28(31(37)38)34(22-27)30(36)29(24-12-5-3-6-13-24)25-14-7-4-8-15-25/h3-8,12-19,27-29H,9-11,20-22H2,1-2H3,(H,37,38)/t27-,28-/m0/s1. The van der Waals surface area contributed by atoms with Gasteiger partial charge in [-0.05, 0) is 54.5 Å². The van der Waals surface area contributed by atoms with Gasteiger partial charge in [0.05, 0.1) is 5.92 Å². The lowest BCUT2D eigenvalue weighted by Crippen LogP contribution is -2.48. The van der Waals surface area contributed by atoms with Crippen molar-refractivity contribution in [2.24, 2.45) is 0 Å². The van der Waals surface area contributed by atoms with Gasteiger partial charge in [0, 0.05) is 33.2 Å². The fourth-order valence-electron chi connectivity index (χ4n) is 5.38. The van der Waals surface area contributed by atoms with Gasteiger partial charge in [-0.2, -0.15) is 17.0 Å². The third kappa shape index (κ3) is 7.19. The number of carbonyl (C=O) groups is 2. The van der Waals surface area contributed by atoms with Gasteiger partial charge in [-0.15, -0.1) is 0 Å². The summed E-state index contributed by atoms with van der Waals surface area (Å²) in [6, 6.07) is 22.7. The molecular weight excluding hydrogens is 545 g/mol. The molecule has 218 valence electrons. The smallest absolute Gasteiger partial charge is 0.326 e. The molecule has 8 nitrogen and oxygen atoms in total. The van der Waals surface area contributed by atoms with Crippen molar-refractivity contribution in [2.75, 3.05) is 27.2 Å². The molecule has 1 aliphatic rings. The Balaban J connectivity index is 1.58. The first kappa shape index (κ1) is 30.4. The van der Waals surface area contributed by atoms with Crippen LogP contribution in [0.1, 0.15) is 41.9 Å². The molecule has 0 unspecified atom stereocenters. The zero-order valence-corrected chi connectivity index (χ0v) is 24.1. The number of carboxylic acid groups (broad SMARTS) is 1. The molecule has 1 saturated heterocycles. The van der Waals surface area contributed by atoms with Gasteiger partial charge in [0.15, 0.2) is 0 Å². The highest BCUT2D eigenvalue weighted by atomic mass is 32.2. The van der Waals surface area contributed by atoms with Crippen molar-refractivity contribution in [1.29, 1.82) is 0 Å². The van der Waals surface area contributed by atoms with Crippen molar-refractivity contribution in [3.05, 3.63) is 107 Å². The molecule has 2 atom stereocenters. The maximum atomic E-state index is 14.1. The molecule has 3 aromatic rings. The van der Waals surface area contributed by atoms with Crippen LogP contribution < -0.4 is 0 Å². The minimum Gasteiger partial charge on any atom is -0.480 e. The fourth-order valence-corrected chi connectivity index (χ4v) is 6.69. The molecule has 0 bridgehead atoms. The lowest BCUT2D eigenvalue weighted by molar-refractivity contribution is -0.148. The van der Waals surface area contributed by atoms with E-state index in [1.165, 1.54) is 35.4 Å². The highest BCUT2D eigenvalue weighted by molar-refractivity contribution is 7.86. The van der Waals surface area contributed by atoms with Crippen molar-refractivity contribution < 1.29 is 27.5 Å². The van der Waals surface area contributed by atoms with Crippen LogP contribution in [0.2, 0.25) is 0 Å². The van der Waals surface area contributed by atoms with E-state index in [4.69, 9.17) is 0 Å². The second-order valence-corrected chi connectivity index (χ2v) is 12.6. The van der Waals surface area contributed by atoms with Crippen molar-refractivity contribution in [3.63, 3.8) is 0 Å². The molecule has 1 heterocycles. The number of nitrogens with zero attached hydrogens (tertiary/aromatic N) is 3. The minimum absolute atomic E-state index is 0.0115. The summed E-state index contributed by atoms with van der Waals surface area (Å²) in [5, 5.41) is 10.1. The monoisotopic (exact) mass is 581 g/mol. The highest BCUT2D eigenvalue weighted by Crippen LogP contribution is 2.33. The number of unbranched alkanes of at least 4 members (excludes halogenated alkanes) is 1. The topological polar surface area (TPSA) is 98.2 Å². The summed E-state index contributed by atoms with van der Waals surface area (Å²) in [7, 11) is -1.03. The predicted molar refractivity (Wildman–Crippen MR) is 155 cm³/mol. The Kier molecular flexibility index (Phi) is 9.90. The molecule has 0 aliphatic carbocycles. The first-order valence-electron chi connectivity index (χ1n) is 13.7. The summed E-state index contributed by atoms with van der Waals surface area (Å²) in [5.41, 5.74) is 2.41. The predicted octanol–water partition coefficient (Wildman–Crippen LogP) is 4.14. The first-order chi connectivity index (χ1) is 19.6. The van der Waals surface area contributed by atoms with Crippen molar-refractivity contribution in [1.82, 2.24) is 13.5 Å². The van der Waals surface area contributed by atoms with E-state index in [2.05, 4.69) is 0 Å². The zero-order valence-electron chi connectivity index (χ0n) is 23.3. The second kappa shape index (κ2) is 13.4. The second-order valence-electron chi connectivity index (χ2n) is 10.5. The molecule has 1 fully saturated rings. The lowest BCUT2D eigenvalue weighted by atomic mass is 9.90. The third-order valence-electron chi connectivity index (χ3n) is 7.53. The van der Waals surface area contributed by atoms with E-state index < -0.39 is 34.2 Å². The number of hydrogen-bond acceptors (Lipinski definition) is 4. The highest BCUT2D eigenvalue weighted by Gasteiger charge is 2.46. The number of carbonyl (C=O) groups excluding carboxylic acids is 1. The molecule has 1 amide bonds. The molecule has 0 aromatic heterocycles. The molecule has 3 aromatic carbocycles. The number of rotatable bonds is 12. The Morgan fingerprint density at radius 3 is 2.00 bits per heavy atom. The summed E-state index contributed by atoms with van der Waals surface area (Å²) in [5.74, 6) is -2.59.